The maximum Gasteiger partial charge on any atom is 0.283 e. The fourth-order valence-corrected chi connectivity index (χ4v) is 2.63. The van der Waals surface area contributed by atoms with E-state index in [0.29, 0.717) is 16.9 Å². The first-order valence-electron chi connectivity index (χ1n) is 7.11. The van der Waals surface area contributed by atoms with Gasteiger partial charge in [0.25, 0.3) is 5.56 Å². The summed E-state index contributed by atoms with van der Waals surface area (Å²) in [5.41, 5.74) is 1.70. The Kier molecular flexibility index (Phi) is 4.10. The van der Waals surface area contributed by atoms with Crippen LogP contribution < -0.4 is 10.9 Å². The van der Waals surface area contributed by atoms with E-state index in [0.717, 1.165) is 24.3 Å². The second-order valence-corrected chi connectivity index (χ2v) is 6.25. The molecular formula is C14H18BrN5O. The van der Waals surface area contributed by atoms with Crippen molar-refractivity contribution in [3.63, 3.8) is 0 Å². The molecule has 0 saturated heterocycles. The summed E-state index contributed by atoms with van der Waals surface area (Å²) in [4.78, 5) is 12.2. The standard InChI is InChI=1S/C14H18BrN5O/c1-19-7-5-11(18-19)4-6-16-12-8-17-20(9-10-2-3-10)14(21)13(12)15/h5,7-8,10,16H,2-4,6,9H2,1H3. The van der Waals surface area contributed by atoms with Crippen LogP contribution in [0.15, 0.2) is 27.7 Å². The SMILES string of the molecule is Cn1ccc(CCNc2cnn(CC3CC3)c(=O)c2Br)n1. The number of hydrogen-bond donors (Lipinski definition) is 1. The third-order valence-electron chi connectivity index (χ3n) is 3.58. The summed E-state index contributed by atoms with van der Waals surface area (Å²) in [6, 6.07) is 1.99. The molecule has 1 fully saturated rings. The van der Waals surface area contributed by atoms with Gasteiger partial charge in [0, 0.05) is 32.8 Å². The summed E-state index contributed by atoms with van der Waals surface area (Å²) < 4.78 is 3.89. The molecule has 2 aromatic rings. The minimum Gasteiger partial charge on any atom is -0.382 e. The number of nitrogens with zero attached hydrogens (tertiary/aromatic N) is 4. The van der Waals surface area contributed by atoms with Crippen molar-refractivity contribution in [1.29, 1.82) is 0 Å². The van der Waals surface area contributed by atoms with Gasteiger partial charge in [-0.25, -0.2) is 4.68 Å². The second-order valence-electron chi connectivity index (χ2n) is 5.46. The molecule has 1 saturated carbocycles. The van der Waals surface area contributed by atoms with Gasteiger partial charge in [-0.1, -0.05) is 0 Å². The monoisotopic (exact) mass is 351 g/mol. The minimum atomic E-state index is -0.0651. The molecule has 0 bridgehead atoms. The zero-order valence-corrected chi connectivity index (χ0v) is 13.5. The Labute approximate surface area is 131 Å². The van der Waals surface area contributed by atoms with E-state index in [1.807, 2.05) is 19.3 Å². The Morgan fingerprint density at radius 1 is 1.48 bits per heavy atom. The fourth-order valence-electron chi connectivity index (χ4n) is 2.19. The number of hydrogen-bond acceptors (Lipinski definition) is 4. The van der Waals surface area contributed by atoms with Crippen LogP contribution in [0.1, 0.15) is 18.5 Å². The van der Waals surface area contributed by atoms with E-state index in [1.165, 1.54) is 12.8 Å². The fraction of sp³-hybridized carbons (Fsp3) is 0.500. The Bertz CT molecular complexity index is 689. The van der Waals surface area contributed by atoms with Crippen LogP contribution in [0.25, 0.3) is 0 Å². The molecule has 0 atom stereocenters. The summed E-state index contributed by atoms with van der Waals surface area (Å²) in [6.45, 7) is 1.44. The highest BCUT2D eigenvalue weighted by Crippen LogP contribution is 2.30. The highest BCUT2D eigenvalue weighted by molar-refractivity contribution is 9.10. The van der Waals surface area contributed by atoms with Crippen molar-refractivity contribution >= 4 is 21.6 Å². The average Bonchev–Trinajstić information content (AvgIpc) is 3.19. The van der Waals surface area contributed by atoms with Gasteiger partial charge in [-0.05, 0) is 40.8 Å². The molecule has 3 rings (SSSR count). The first-order valence-corrected chi connectivity index (χ1v) is 7.91. The summed E-state index contributed by atoms with van der Waals surface area (Å²) in [6.07, 6.45) is 6.85. The number of nitrogens with one attached hydrogen (secondary N) is 1. The summed E-state index contributed by atoms with van der Waals surface area (Å²) in [5, 5.41) is 11.8. The maximum absolute atomic E-state index is 12.2. The van der Waals surface area contributed by atoms with Gasteiger partial charge in [-0.2, -0.15) is 10.2 Å². The van der Waals surface area contributed by atoms with E-state index in [-0.39, 0.29) is 5.56 Å². The molecule has 2 heterocycles. The predicted octanol–water partition coefficient (Wildman–Crippen LogP) is 1.80. The van der Waals surface area contributed by atoms with Crippen molar-refractivity contribution in [2.45, 2.75) is 25.8 Å². The van der Waals surface area contributed by atoms with E-state index < -0.39 is 0 Å². The van der Waals surface area contributed by atoms with Gasteiger partial charge in [-0.15, -0.1) is 0 Å². The topological polar surface area (TPSA) is 64.7 Å². The van der Waals surface area contributed by atoms with Crippen LogP contribution in [0.3, 0.4) is 0 Å². The van der Waals surface area contributed by atoms with E-state index in [4.69, 9.17) is 0 Å². The van der Waals surface area contributed by atoms with Gasteiger partial charge >= 0.3 is 0 Å². The molecule has 7 heteroatoms. The molecule has 0 unspecified atom stereocenters. The maximum atomic E-state index is 12.2. The first-order chi connectivity index (χ1) is 10.1. The van der Waals surface area contributed by atoms with E-state index in [9.17, 15) is 4.79 Å². The Morgan fingerprint density at radius 3 is 2.95 bits per heavy atom. The Balaban J connectivity index is 1.62. The van der Waals surface area contributed by atoms with Crippen LogP contribution in [-0.4, -0.2) is 26.1 Å². The first kappa shape index (κ1) is 14.3. The van der Waals surface area contributed by atoms with Crippen molar-refractivity contribution in [2.24, 2.45) is 13.0 Å². The summed E-state index contributed by atoms with van der Waals surface area (Å²) in [5.74, 6) is 0.630. The normalized spacial score (nSPS) is 14.4. The van der Waals surface area contributed by atoms with Gasteiger partial charge < -0.3 is 5.32 Å². The average molecular weight is 352 g/mol. The van der Waals surface area contributed by atoms with Crippen LogP contribution in [0.2, 0.25) is 0 Å². The van der Waals surface area contributed by atoms with Gasteiger partial charge in [0.1, 0.15) is 4.47 Å². The van der Waals surface area contributed by atoms with Crippen molar-refractivity contribution in [2.75, 3.05) is 11.9 Å². The lowest BCUT2D eigenvalue weighted by Crippen LogP contribution is -2.25. The van der Waals surface area contributed by atoms with Crippen LogP contribution >= 0.6 is 15.9 Å². The number of aromatic nitrogens is 4. The minimum absolute atomic E-state index is 0.0651. The zero-order chi connectivity index (χ0) is 14.8. The van der Waals surface area contributed by atoms with Crippen molar-refractivity contribution in [1.82, 2.24) is 19.6 Å². The van der Waals surface area contributed by atoms with Crippen LogP contribution in [0.5, 0.6) is 0 Å². The van der Waals surface area contributed by atoms with Crippen molar-refractivity contribution < 1.29 is 0 Å². The molecule has 0 radical (unpaired) electrons. The molecule has 1 aliphatic rings. The quantitative estimate of drug-likeness (QED) is 0.861. The van der Waals surface area contributed by atoms with Crippen LogP contribution in [0, 0.1) is 5.92 Å². The highest BCUT2D eigenvalue weighted by atomic mass is 79.9. The summed E-state index contributed by atoms with van der Waals surface area (Å²) in [7, 11) is 1.90. The molecular weight excluding hydrogens is 334 g/mol. The molecule has 2 aromatic heterocycles. The predicted molar refractivity (Wildman–Crippen MR) is 84.3 cm³/mol. The molecule has 6 nitrogen and oxygen atoms in total. The molecule has 0 amide bonds. The van der Waals surface area contributed by atoms with E-state index in [1.54, 1.807) is 15.6 Å². The Hall–Kier alpha value is -1.63. The highest BCUT2D eigenvalue weighted by Gasteiger charge is 2.23. The molecule has 1 N–H and O–H groups in total. The van der Waals surface area contributed by atoms with Gasteiger partial charge in [-0.3, -0.25) is 9.48 Å². The third kappa shape index (κ3) is 3.53. The number of aryl methyl sites for hydroxylation is 1. The smallest absolute Gasteiger partial charge is 0.283 e. The van der Waals surface area contributed by atoms with Crippen molar-refractivity contribution in [3.05, 3.63) is 39.0 Å². The van der Waals surface area contributed by atoms with Gasteiger partial charge in [0.2, 0.25) is 0 Å². The second kappa shape index (κ2) is 6.01. The third-order valence-corrected chi connectivity index (χ3v) is 4.34. The van der Waals surface area contributed by atoms with Gasteiger partial charge in [0.15, 0.2) is 0 Å². The number of halogens is 1. The Morgan fingerprint density at radius 2 is 2.29 bits per heavy atom. The molecule has 112 valence electrons. The molecule has 21 heavy (non-hydrogen) atoms. The lowest BCUT2D eigenvalue weighted by molar-refractivity contribution is 0.532. The van der Waals surface area contributed by atoms with Crippen LogP contribution in [-0.2, 0) is 20.0 Å². The number of rotatable bonds is 6. The van der Waals surface area contributed by atoms with E-state index >= 15 is 0 Å². The molecule has 1 aliphatic carbocycles. The molecule has 0 aliphatic heterocycles. The lowest BCUT2D eigenvalue weighted by Gasteiger charge is -2.09. The number of anilines is 1. The molecule has 0 spiro atoms. The van der Waals surface area contributed by atoms with Crippen LogP contribution in [0.4, 0.5) is 5.69 Å². The van der Waals surface area contributed by atoms with Crippen molar-refractivity contribution in [3.8, 4) is 0 Å². The summed E-state index contributed by atoms with van der Waals surface area (Å²) >= 11 is 3.38. The van der Waals surface area contributed by atoms with Gasteiger partial charge in [0.05, 0.1) is 17.6 Å². The zero-order valence-electron chi connectivity index (χ0n) is 11.9. The largest absolute Gasteiger partial charge is 0.382 e. The lowest BCUT2D eigenvalue weighted by atomic mass is 10.3. The molecule has 0 aromatic carbocycles. The van der Waals surface area contributed by atoms with E-state index in [2.05, 4.69) is 31.4 Å².